The summed E-state index contributed by atoms with van der Waals surface area (Å²) in [6.45, 7) is 0.362. The Morgan fingerprint density at radius 3 is 2.17 bits per heavy atom. The maximum absolute atomic E-state index is 11.9. The van der Waals surface area contributed by atoms with E-state index in [0.717, 1.165) is 11.3 Å². The molecule has 0 bridgehead atoms. The molecule has 2 aromatic carbocycles. The minimum atomic E-state index is -0.346. The van der Waals surface area contributed by atoms with Gasteiger partial charge in [-0.25, -0.2) is 0 Å². The van der Waals surface area contributed by atoms with Gasteiger partial charge in [0.25, 0.3) is 0 Å². The molecule has 0 aliphatic rings. The van der Waals surface area contributed by atoms with Gasteiger partial charge < -0.3 is 15.5 Å². The Morgan fingerprint density at radius 2 is 1.58 bits per heavy atom. The van der Waals surface area contributed by atoms with E-state index >= 15 is 0 Å². The number of carbonyl (C=O) groups excluding carboxylic acids is 2. The monoisotopic (exact) mass is 345 g/mol. The van der Waals surface area contributed by atoms with Crippen LogP contribution >= 0.6 is 11.6 Å². The predicted molar refractivity (Wildman–Crippen MR) is 97.3 cm³/mol. The summed E-state index contributed by atoms with van der Waals surface area (Å²) in [4.78, 5) is 25.7. The van der Waals surface area contributed by atoms with Crippen LogP contribution in [0.15, 0.2) is 48.5 Å². The fourth-order valence-corrected chi connectivity index (χ4v) is 2.19. The van der Waals surface area contributed by atoms with Crippen LogP contribution in [0.25, 0.3) is 0 Å². The number of carbonyl (C=O) groups is 2. The number of amides is 2. The largest absolute Gasteiger partial charge is 0.378 e. The number of rotatable bonds is 6. The molecule has 2 rings (SSSR count). The minimum Gasteiger partial charge on any atom is -0.378 e. The van der Waals surface area contributed by atoms with Crippen molar-refractivity contribution in [1.82, 2.24) is 5.32 Å². The van der Waals surface area contributed by atoms with Crippen LogP contribution in [-0.4, -0.2) is 25.9 Å². The summed E-state index contributed by atoms with van der Waals surface area (Å²) in [5.41, 5.74) is 2.62. The number of halogens is 1. The highest BCUT2D eigenvalue weighted by atomic mass is 35.5. The second-order valence-corrected chi connectivity index (χ2v) is 6.01. The molecule has 0 atom stereocenters. The first kappa shape index (κ1) is 17.8. The van der Waals surface area contributed by atoms with Crippen LogP contribution in [0, 0.1) is 0 Å². The Balaban J connectivity index is 1.78. The van der Waals surface area contributed by atoms with Crippen molar-refractivity contribution in [2.24, 2.45) is 0 Å². The lowest BCUT2D eigenvalue weighted by molar-refractivity contribution is -0.126. The zero-order valence-corrected chi connectivity index (χ0v) is 14.4. The van der Waals surface area contributed by atoms with Gasteiger partial charge in [0.15, 0.2) is 0 Å². The standard InChI is InChI=1S/C18H20ClN3O2/c1-22(2)16-9-7-15(8-10-16)21-18(24)11-17(23)20-12-13-3-5-14(19)6-4-13/h3-10H,11-12H2,1-2H3,(H,20,23)(H,21,24). The van der Waals surface area contributed by atoms with E-state index < -0.39 is 0 Å². The minimum absolute atomic E-state index is 0.219. The Morgan fingerprint density at radius 1 is 0.958 bits per heavy atom. The fourth-order valence-electron chi connectivity index (χ4n) is 2.06. The molecule has 0 aliphatic carbocycles. The molecule has 0 heterocycles. The molecule has 2 amide bonds. The lowest BCUT2D eigenvalue weighted by Crippen LogP contribution is -2.27. The molecule has 0 unspecified atom stereocenters. The normalized spacial score (nSPS) is 10.1. The summed E-state index contributed by atoms with van der Waals surface area (Å²) in [6, 6.07) is 14.6. The van der Waals surface area contributed by atoms with Gasteiger partial charge in [-0.3, -0.25) is 9.59 Å². The maximum atomic E-state index is 11.9. The molecule has 0 saturated carbocycles. The molecule has 6 heteroatoms. The van der Waals surface area contributed by atoms with E-state index in [1.54, 1.807) is 24.3 Å². The number of nitrogens with zero attached hydrogens (tertiary/aromatic N) is 1. The maximum Gasteiger partial charge on any atom is 0.233 e. The van der Waals surface area contributed by atoms with Gasteiger partial charge in [-0.05, 0) is 42.0 Å². The molecule has 126 valence electrons. The number of benzene rings is 2. The van der Waals surface area contributed by atoms with Crippen molar-refractivity contribution in [3.8, 4) is 0 Å². The topological polar surface area (TPSA) is 61.4 Å². The van der Waals surface area contributed by atoms with Crippen LogP contribution in [0.2, 0.25) is 5.02 Å². The van der Waals surface area contributed by atoms with Gasteiger partial charge in [-0.15, -0.1) is 0 Å². The Kier molecular flexibility index (Phi) is 6.21. The van der Waals surface area contributed by atoms with E-state index in [1.165, 1.54) is 0 Å². The average molecular weight is 346 g/mol. The SMILES string of the molecule is CN(C)c1ccc(NC(=O)CC(=O)NCc2ccc(Cl)cc2)cc1. The summed E-state index contributed by atoms with van der Waals surface area (Å²) in [6.07, 6.45) is -0.219. The van der Waals surface area contributed by atoms with E-state index in [9.17, 15) is 9.59 Å². The molecule has 0 radical (unpaired) electrons. The predicted octanol–water partition coefficient (Wildman–Crippen LogP) is 3.05. The van der Waals surface area contributed by atoms with Crippen LogP contribution in [0.1, 0.15) is 12.0 Å². The van der Waals surface area contributed by atoms with Gasteiger partial charge >= 0.3 is 0 Å². The highest BCUT2D eigenvalue weighted by Crippen LogP contribution is 2.15. The van der Waals surface area contributed by atoms with Crippen molar-refractivity contribution >= 4 is 34.8 Å². The van der Waals surface area contributed by atoms with Crippen LogP contribution in [0.5, 0.6) is 0 Å². The molecule has 24 heavy (non-hydrogen) atoms. The van der Waals surface area contributed by atoms with Gasteiger partial charge in [0, 0.05) is 37.0 Å². The van der Waals surface area contributed by atoms with Gasteiger partial charge in [0.05, 0.1) is 0 Å². The summed E-state index contributed by atoms with van der Waals surface area (Å²) in [7, 11) is 3.89. The third-order valence-corrected chi connectivity index (χ3v) is 3.64. The molecule has 0 aromatic heterocycles. The van der Waals surface area contributed by atoms with Gasteiger partial charge in [0.2, 0.25) is 11.8 Å². The third-order valence-electron chi connectivity index (χ3n) is 3.39. The van der Waals surface area contributed by atoms with Crippen molar-refractivity contribution in [3.63, 3.8) is 0 Å². The van der Waals surface area contributed by atoms with E-state index in [2.05, 4.69) is 10.6 Å². The van der Waals surface area contributed by atoms with Crippen molar-refractivity contribution in [1.29, 1.82) is 0 Å². The highest BCUT2D eigenvalue weighted by Gasteiger charge is 2.09. The van der Waals surface area contributed by atoms with Gasteiger partial charge in [-0.2, -0.15) is 0 Å². The molecule has 2 N–H and O–H groups in total. The molecule has 0 saturated heterocycles. The molecule has 0 spiro atoms. The third kappa shape index (κ3) is 5.59. The van der Waals surface area contributed by atoms with Crippen LogP contribution in [-0.2, 0) is 16.1 Å². The summed E-state index contributed by atoms with van der Waals surface area (Å²) < 4.78 is 0. The number of hydrogen-bond acceptors (Lipinski definition) is 3. The molecule has 2 aromatic rings. The van der Waals surface area contributed by atoms with E-state index in [4.69, 9.17) is 11.6 Å². The van der Waals surface area contributed by atoms with Crippen LogP contribution in [0.3, 0.4) is 0 Å². The lowest BCUT2D eigenvalue weighted by Gasteiger charge is -2.13. The Labute approximate surface area is 146 Å². The zero-order valence-electron chi connectivity index (χ0n) is 13.7. The Hall–Kier alpha value is -2.53. The van der Waals surface area contributed by atoms with E-state index in [0.29, 0.717) is 17.3 Å². The lowest BCUT2D eigenvalue weighted by atomic mass is 10.2. The second-order valence-electron chi connectivity index (χ2n) is 5.57. The molecular weight excluding hydrogens is 326 g/mol. The van der Waals surface area contributed by atoms with Crippen molar-refractivity contribution in [3.05, 3.63) is 59.1 Å². The molecule has 0 aliphatic heterocycles. The van der Waals surface area contributed by atoms with Crippen LogP contribution in [0.4, 0.5) is 11.4 Å². The molecular formula is C18H20ClN3O2. The first-order chi connectivity index (χ1) is 11.4. The average Bonchev–Trinajstić information content (AvgIpc) is 2.54. The second kappa shape index (κ2) is 8.36. The van der Waals surface area contributed by atoms with E-state index in [-0.39, 0.29) is 18.2 Å². The fraction of sp³-hybridized carbons (Fsp3) is 0.222. The highest BCUT2D eigenvalue weighted by molar-refractivity contribution is 6.30. The first-order valence-corrected chi connectivity index (χ1v) is 7.90. The van der Waals surface area contributed by atoms with Crippen LogP contribution < -0.4 is 15.5 Å². The summed E-state index contributed by atoms with van der Waals surface area (Å²) in [5, 5.41) is 6.06. The molecule has 5 nitrogen and oxygen atoms in total. The van der Waals surface area contributed by atoms with Gasteiger partial charge in [0.1, 0.15) is 6.42 Å². The first-order valence-electron chi connectivity index (χ1n) is 7.52. The smallest absolute Gasteiger partial charge is 0.233 e. The zero-order chi connectivity index (χ0) is 17.5. The molecule has 0 fully saturated rings. The number of hydrogen-bond donors (Lipinski definition) is 2. The quantitative estimate of drug-likeness (QED) is 0.791. The number of anilines is 2. The van der Waals surface area contributed by atoms with Gasteiger partial charge in [-0.1, -0.05) is 23.7 Å². The van der Waals surface area contributed by atoms with E-state index in [1.807, 2.05) is 43.3 Å². The Bertz CT molecular complexity index is 697. The number of nitrogens with one attached hydrogen (secondary N) is 2. The van der Waals surface area contributed by atoms with Crippen molar-refractivity contribution in [2.75, 3.05) is 24.3 Å². The summed E-state index contributed by atoms with van der Waals surface area (Å²) in [5.74, 6) is -0.673. The summed E-state index contributed by atoms with van der Waals surface area (Å²) >= 11 is 5.80. The van der Waals surface area contributed by atoms with Crippen molar-refractivity contribution < 1.29 is 9.59 Å². The van der Waals surface area contributed by atoms with Crippen molar-refractivity contribution in [2.45, 2.75) is 13.0 Å².